The third kappa shape index (κ3) is 2.56. The molecule has 3 aromatic rings. The number of hydrogen-bond donors (Lipinski definition) is 1. The van der Waals surface area contributed by atoms with Gasteiger partial charge in [-0.05, 0) is 34.5 Å². The summed E-state index contributed by atoms with van der Waals surface area (Å²) in [4.78, 5) is 0. The second-order valence-corrected chi connectivity index (χ2v) is 5.52. The molecule has 0 aliphatic carbocycles. The maximum Gasteiger partial charge on any atom is 0.143 e. The standard InChI is InChI=1S/C17H14N2OS/c1-20-15-7-4-5-12(9-18)17(15)19-10-13-11-21-16-8-3-2-6-14(13)16/h2-8,11,19H,10H2,1H3. The first-order valence-electron chi connectivity index (χ1n) is 6.59. The van der Waals surface area contributed by atoms with Crippen molar-refractivity contribution in [3.8, 4) is 11.8 Å². The highest BCUT2D eigenvalue weighted by Crippen LogP contribution is 2.30. The molecule has 0 fully saturated rings. The molecule has 3 nitrogen and oxygen atoms in total. The van der Waals surface area contributed by atoms with Crippen molar-refractivity contribution < 1.29 is 4.74 Å². The number of anilines is 1. The smallest absolute Gasteiger partial charge is 0.143 e. The minimum absolute atomic E-state index is 0.592. The van der Waals surface area contributed by atoms with Crippen LogP contribution in [0, 0.1) is 11.3 Å². The molecule has 0 radical (unpaired) electrons. The number of methoxy groups -OCH3 is 1. The van der Waals surface area contributed by atoms with Gasteiger partial charge in [-0.25, -0.2) is 0 Å². The van der Waals surface area contributed by atoms with Crippen LogP contribution in [0.2, 0.25) is 0 Å². The third-order valence-electron chi connectivity index (χ3n) is 3.38. The lowest BCUT2D eigenvalue weighted by atomic mass is 10.1. The fraction of sp³-hybridized carbons (Fsp3) is 0.118. The Balaban J connectivity index is 1.90. The van der Waals surface area contributed by atoms with Crippen LogP contribution in [0.25, 0.3) is 10.1 Å². The zero-order valence-corrected chi connectivity index (χ0v) is 12.4. The number of thiophene rings is 1. The maximum atomic E-state index is 9.22. The van der Waals surface area contributed by atoms with Gasteiger partial charge in [0.25, 0.3) is 0 Å². The Morgan fingerprint density at radius 1 is 1.19 bits per heavy atom. The number of ether oxygens (including phenoxy) is 1. The van der Waals surface area contributed by atoms with Gasteiger partial charge in [0.2, 0.25) is 0 Å². The van der Waals surface area contributed by atoms with Crippen LogP contribution in [0.3, 0.4) is 0 Å². The van der Waals surface area contributed by atoms with Crippen molar-refractivity contribution in [3.05, 3.63) is 59.0 Å². The molecule has 0 spiro atoms. The molecular weight excluding hydrogens is 280 g/mol. The molecular formula is C17H14N2OS. The Hall–Kier alpha value is -2.51. The van der Waals surface area contributed by atoms with Gasteiger partial charge in [0.1, 0.15) is 11.8 Å². The van der Waals surface area contributed by atoms with E-state index in [0.717, 1.165) is 5.69 Å². The van der Waals surface area contributed by atoms with Crippen LogP contribution in [-0.2, 0) is 6.54 Å². The molecule has 1 heterocycles. The molecule has 1 aromatic heterocycles. The monoisotopic (exact) mass is 294 g/mol. The van der Waals surface area contributed by atoms with Crippen molar-refractivity contribution in [3.63, 3.8) is 0 Å². The lowest BCUT2D eigenvalue weighted by Gasteiger charge is -2.12. The fourth-order valence-electron chi connectivity index (χ4n) is 2.33. The Labute approximate surface area is 127 Å². The van der Waals surface area contributed by atoms with E-state index >= 15 is 0 Å². The molecule has 0 bridgehead atoms. The largest absolute Gasteiger partial charge is 0.495 e. The SMILES string of the molecule is COc1cccc(C#N)c1NCc1csc2ccccc12. The van der Waals surface area contributed by atoms with Crippen LogP contribution in [0.5, 0.6) is 5.75 Å². The summed E-state index contributed by atoms with van der Waals surface area (Å²) in [6.07, 6.45) is 0. The topological polar surface area (TPSA) is 45.0 Å². The summed E-state index contributed by atoms with van der Waals surface area (Å²) in [5.74, 6) is 0.689. The quantitative estimate of drug-likeness (QED) is 0.776. The molecule has 4 heteroatoms. The molecule has 0 aliphatic rings. The van der Waals surface area contributed by atoms with Gasteiger partial charge in [0.05, 0.1) is 18.4 Å². The van der Waals surface area contributed by atoms with Crippen LogP contribution < -0.4 is 10.1 Å². The number of nitrogens with one attached hydrogen (secondary N) is 1. The average molecular weight is 294 g/mol. The van der Waals surface area contributed by atoms with E-state index in [2.05, 4.69) is 28.9 Å². The summed E-state index contributed by atoms with van der Waals surface area (Å²) in [5.41, 5.74) is 2.57. The van der Waals surface area contributed by atoms with Crippen molar-refractivity contribution in [2.45, 2.75) is 6.54 Å². The molecule has 0 aliphatic heterocycles. The van der Waals surface area contributed by atoms with E-state index in [-0.39, 0.29) is 0 Å². The van der Waals surface area contributed by atoms with Gasteiger partial charge in [-0.3, -0.25) is 0 Å². The molecule has 0 amide bonds. The van der Waals surface area contributed by atoms with Crippen molar-refractivity contribution >= 4 is 27.1 Å². The van der Waals surface area contributed by atoms with Gasteiger partial charge >= 0.3 is 0 Å². The average Bonchev–Trinajstić information content (AvgIpc) is 2.95. The molecule has 2 aromatic carbocycles. The Bertz CT molecular complexity index is 817. The third-order valence-corrected chi connectivity index (χ3v) is 4.40. The highest BCUT2D eigenvalue weighted by molar-refractivity contribution is 7.17. The summed E-state index contributed by atoms with van der Waals surface area (Å²) >= 11 is 1.73. The number of hydrogen-bond acceptors (Lipinski definition) is 4. The van der Waals surface area contributed by atoms with E-state index in [1.807, 2.05) is 24.3 Å². The summed E-state index contributed by atoms with van der Waals surface area (Å²) in [7, 11) is 1.61. The van der Waals surface area contributed by atoms with Gasteiger partial charge in [-0.2, -0.15) is 5.26 Å². The van der Waals surface area contributed by atoms with Gasteiger partial charge in [-0.15, -0.1) is 11.3 Å². The predicted octanol–water partition coefficient (Wildman–Crippen LogP) is 4.39. The van der Waals surface area contributed by atoms with Crippen LogP contribution >= 0.6 is 11.3 Å². The van der Waals surface area contributed by atoms with Crippen LogP contribution in [-0.4, -0.2) is 7.11 Å². The van der Waals surface area contributed by atoms with Crippen LogP contribution in [0.15, 0.2) is 47.8 Å². The zero-order valence-electron chi connectivity index (χ0n) is 11.6. The normalized spacial score (nSPS) is 10.3. The van der Waals surface area contributed by atoms with Gasteiger partial charge in [0, 0.05) is 11.2 Å². The lowest BCUT2D eigenvalue weighted by molar-refractivity contribution is 0.416. The van der Waals surface area contributed by atoms with Crippen molar-refractivity contribution in [2.75, 3.05) is 12.4 Å². The first kappa shape index (κ1) is 13.5. The van der Waals surface area contributed by atoms with E-state index in [9.17, 15) is 5.26 Å². The van der Waals surface area contributed by atoms with Crippen molar-refractivity contribution in [2.24, 2.45) is 0 Å². The van der Waals surface area contributed by atoms with E-state index in [1.165, 1.54) is 15.6 Å². The second-order valence-electron chi connectivity index (χ2n) is 4.61. The summed E-state index contributed by atoms with van der Waals surface area (Å²) in [6.45, 7) is 0.666. The summed E-state index contributed by atoms with van der Waals surface area (Å²) < 4.78 is 6.61. The minimum atomic E-state index is 0.592. The second kappa shape index (κ2) is 5.86. The van der Waals surface area contributed by atoms with Crippen molar-refractivity contribution in [1.29, 1.82) is 5.26 Å². The Morgan fingerprint density at radius 3 is 2.86 bits per heavy atom. The minimum Gasteiger partial charge on any atom is -0.495 e. The maximum absolute atomic E-state index is 9.22. The number of nitrogens with zero attached hydrogens (tertiary/aromatic N) is 1. The van der Waals surface area contributed by atoms with Crippen LogP contribution in [0.1, 0.15) is 11.1 Å². The molecule has 104 valence electrons. The number of para-hydroxylation sites is 1. The van der Waals surface area contributed by atoms with Gasteiger partial charge in [-0.1, -0.05) is 24.3 Å². The number of benzene rings is 2. The molecule has 1 N–H and O–H groups in total. The Kier molecular flexibility index (Phi) is 3.76. The Morgan fingerprint density at radius 2 is 2.05 bits per heavy atom. The van der Waals surface area contributed by atoms with Gasteiger partial charge < -0.3 is 10.1 Å². The highest BCUT2D eigenvalue weighted by Gasteiger charge is 2.10. The molecule has 0 saturated heterocycles. The van der Waals surface area contributed by atoms with E-state index < -0.39 is 0 Å². The molecule has 0 unspecified atom stereocenters. The van der Waals surface area contributed by atoms with E-state index in [1.54, 1.807) is 24.5 Å². The molecule has 0 atom stereocenters. The fourth-order valence-corrected chi connectivity index (χ4v) is 3.29. The summed E-state index contributed by atoms with van der Waals surface area (Å²) in [6, 6.07) is 16.0. The first-order chi connectivity index (χ1) is 10.3. The number of fused-ring (bicyclic) bond motifs is 1. The van der Waals surface area contributed by atoms with Gasteiger partial charge in [0.15, 0.2) is 0 Å². The summed E-state index contributed by atoms with van der Waals surface area (Å²) in [5, 5.41) is 16.0. The van der Waals surface area contributed by atoms with Crippen molar-refractivity contribution in [1.82, 2.24) is 0 Å². The zero-order chi connectivity index (χ0) is 14.7. The van der Waals surface area contributed by atoms with Crippen LogP contribution in [0.4, 0.5) is 5.69 Å². The molecule has 0 saturated carbocycles. The molecule has 3 rings (SSSR count). The highest BCUT2D eigenvalue weighted by atomic mass is 32.1. The number of nitriles is 1. The molecule has 21 heavy (non-hydrogen) atoms. The lowest BCUT2D eigenvalue weighted by Crippen LogP contribution is -2.03. The predicted molar refractivity (Wildman–Crippen MR) is 86.9 cm³/mol. The van der Waals surface area contributed by atoms with E-state index in [0.29, 0.717) is 17.9 Å². The van der Waals surface area contributed by atoms with E-state index in [4.69, 9.17) is 4.74 Å². The first-order valence-corrected chi connectivity index (χ1v) is 7.47. The number of rotatable bonds is 4.